The number of carbonyl (C=O) groups excluding carboxylic acids is 1. The molecule has 0 aromatic heterocycles. The molecule has 0 aliphatic carbocycles. The van der Waals surface area contributed by atoms with E-state index in [-0.39, 0.29) is 11.1 Å². The van der Waals surface area contributed by atoms with Crippen molar-refractivity contribution in [1.82, 2.24) is 5.32 Å². The monoisotopic (exact) mass is 375 g/mol. The van der Waals surface area contributed by atoms with Gasteiger partial charge in [-0.1, -0.05) is 6.07 Å². The second-order valence-electron chi connectivity index (χ2n) is 5.77. The number of rotatable bonds is 8. The van der Waals surface area contributed by atoms with Crippen molar-refractivity contribution in [3.8, 4) is 11.5 Å². The Morgan fingerprint density at radius 2 is 1.74 bits per heavy atom. The summed E-state index contributed by atoms with van der Waals surface area (Å²) < 4.78 is 25.1. The fourth-order valence-corrected chi connectivity index (χ4v) is 2.53. The number of ether oxygens (including phenoxy) is 2. The maximum Gasteiger partial charge on any atom is 0.335 e. The molecule has 0 saturated carbocycles. The molecule has 0 heterocycles. The van der Waals surface area contributed by atoms with Gasteiger partial charge in [0.05, 0.1) is 30.4 Å². The van der Waals surface area contributed by atoms with E-state index < -0.39 is 23.7 Å². The van der Waals surface area contributed by atoms with Crippen molar-refractivity contribution < 1.29 is 28.6 Å². The Labute approximate surface area is 156 Å². The number of carboxylic acids is 1. The highest BCUT2D eigenvalue weighted by Crippen LogP contribution is 2.30. The number of carboxylic acid groups (broad SMARTS) is 1. The predicted molar refractivity (Wildman–Crippen MR) is 98.0 cm³/mol. The highest BCUT2D eigenvalue weighted by atomic mass is 19.1. The smallest absolute Gasteiger partial charge is 0.335 e. The Morgan fingerprint density at radius 3 is 2.33 bits per heavy atom. The Bertz CT molecular complexity index is 837. The van der Waals surface area contributed by atoms with Gasteiger partial charge in [-0.3, -0.25) is 4.79 Å². The summed E-state index contributed by atoms with van der Waals surface area (Å²) in [6.07, 6.45) is 0. The van der Waals surface area contributed by atoms with Gasteiger partial charge >= 0.3 is 5.97 Å². The summed E-state index contributed by atoms with van der Waals surface area (Å²) in [4.78, 5) is 23.2. The van der Waals surface area contributed by atoms with Crippen molar-refractivity contribution in [1.29, 1.82) is 0 Å². The normalized spacial score (nSPS) is 11.6. The van der Waals surface area contributed by atoms with E-state index in [0.29, 0.717) is 24.7 Å². The molecule has 6 nitrogen and oxygen atoms in total. The summed E-state index contributed by atoms with van der Waals surface area (Å²) in [5.41, 5.74) is 0.325. The molecule has 2 aromatic rings. The topological polar surface area (TPSA) is 84.9 Å². The summed E-state index contributed by atoms with van der Waals surface area (Å²) >= 11 is 0. The first kappa shape index (κ1) is 20.2. The van der Waals surface area contributed by atoms with Crippen molar-refractivity contribution in [2.45, 2.75) is 26.8 Å². The molecule has 0 aliphatic heterocycles. The van der Waals surface area contributed by atoms with Gasteiger partial charge in [-0.05, 0) is 56.7 Å². The maximum atomic E-state index is 14.1. The van der Waals surface area contributed by atoms with Crippen molar-refractivity contribution in [3.05, 3.63) is 58.9 Å². The molecule has 2 aromatic carbocycles. The van der Waals surface area contributed by atoms with Crippen molar-refractivity contribution in [3.63, 3.8) is 0 Å². The van der Waals surface area contributed by atoms with Gasteiger partial charge in [-0.2, -0.15) is 0 Å². The Hall–Kier alpha value is -3.09. The largest absolute Gasteiger partial charge is 0.490 e. The standard InChI is InChI=1S/C20H22FNO5/c1-4-26-17-9-7-13(11-18(17)27-5-2)12(3)22-19(23)15-8-6-14(20(24)25)10-16(15)21/h6-12H,4-5H2,1-3H3,(H,22,23)(H,24,25). The third-order valence-corrected chi connectivity index (χ3v) is 3.88. The van der Waals surface area contributed by atoms with Gasteiger partial charge in [0.1, 0.15) is 5.82 Å². The number of halogens is 1. The number of benzene rings is 2. The molecule has 7 heteroatoms. The minimum absolute atomic E-state index is 0.218. The lowest BCUT2D eigenvalue weighted by atomic mass is 10.1. The Balaban J connectivity index is 2.18. The molecule has 1 unspecified atom stereocenters. The summed E-state index contributed by atoms with van der Waals surface area (Å²) in [5.74, 6) is -1.61. The molecule has 2 N–H and O–H groups in total. The molecule has 1 atom stereocenters. The Morgan fingerprint density at radius 1 is 1.07 bits per heavy atom. The van der Waals surface area contributed by atoms with Gasteiger partial charge in [0.15, 0.2) is 11.5 Å². The molecule has 0 radical (unpaired) electrons. The number of aromatic carboxylic acids is 1. The number of nitrogens with one attached hydrogen (secondary N) is 1. The highest BCUT2D eigenvalue weighted by molar-refractivity contribution is 5.96. The van der Waals surface area contributed by atoms with Gasteiger partial charge in [0, 0.05) is 0 Å². The second kappa shape index (κ2) is 9.02. The minimum Gasteiger partial charge on any atom is -0.490 e. The van der Waals surface area contributed by atoms with Crippen LogP contribution < -0.4 is 14.8 Å². The van der Waals surface area contributed by atoms with Crippen LogP contribution >= 0.6 is 0 Å². The van der Waals surface area contributed by atoms with E-state index in [0.717, 1.165) is 17.7 Å². The van der Waals surface area contributed by atoms with E-state index in [9.17, 15) is 14.0 Å². The van der Waals surface area contributed by atoms with Crippen LogP contribution in [-0.2, 0) is 0 Å². The SMILES string of the molecule is CCOc1ccc(C(C)NC(=O)c2ccc(C(=O)O)cc2F)cc1OCC. The van der Waals surface area contributed by atoms with Crippen LogP contribution in [-0.4, -0.2) is 30.2 Å². The van der Waals surface area contributed by atoms with Crippen LogP contribution in [0.5, 0.6) is 11.5 Å². The number of amides is 1. The van der Waals surface area contributed by atoms with Crippen LogP contribution in [0.3, 0.4) is 0 Å². The van der Waals surface area contributed by atoms with Crippen LogP contribution in [0.2, 0.25) is 0 Å². The summed E-state index contributed by atoms with van der Waals surface area (Å²) in [6, 6.07) is 8.07. The van der Waals surface area contributed by atoms with Crippen LogP contribution in [0, 0.1) is 5.82 Å². The molecular weight excluding hydrogens is 353 g/mol. The highest BCUT2D eigenvalue weighted by Gasteiger charge is 2.18. The molecule has 144 valence electrons. The van der Waals surface area contributed by atoms with Crippen molar-refractivity contribution in [2.75, 3.05) is 13.2 Å². The van der Waals surface area contributed by atoms with E-state index in [1.807, 2.05) is 13.8 Å². The third kappa shape index (κ3) is 4.97. The number of hydrogen-bond donors (Lipinski definition) is 2. The fourth-order valence-electron chi connectivity index (χ4n) is 2.53. The van der Waals surface area contributed by atoms with Gasteiger partial charge < -0.3 is 19.9 Å². The van der Waals surface area contributed by atoms with Crippen LogP contribution in [0.25, 0.3) is 0 Å². The molecule has 27 heavy (non-hydrogen) atoms. The van der Waals surface area contributed by atoms with E-state index in [4.69, 9.17) is 14.6 Å². The molecule has 2 rings (SSSR count). The molecule has 0 fully saturated rings. The molecule has 0 bridgehead atoms. The van der Waals surface area contributed by atoms with Crippen LogP contribution in [0.15, 0.2) is 36.4 Å². The van der Waals surface area contributed by atoms with Crippen LogP contribution in [0.4, 0.5) is 4.39 Å². The lowest BCUT2D eigenvalue weighted by molar-refractivity contribution is 0.0695. The van der Waals surface area contributed by atoms with Crippen molar-refractivity contribution >= 4 is 11.9 Å². The summed E-state index contributed by atoms with van der Waals surface area (Å²) in [6.45, 7) is 6.45. The van der Waals surface area contributed by atoms with Crippen molar-refractivity contribution in [2.24, 2.45) is 0 Å². The van der Waals surface area contributed by atoms with E-state index in [1.54, 1.807) is 25.1 Å². The lowest BCUT2D eigenvalue weighted by Crippen LogP contribution is -2.27. The van der Waals surface area contributed by atoms with Crippen LogP contribution in [0.1, 0.15) is 53.1 Å². The zero-order chi connectivity index (χ0) is 20.0. The van der Waals surface area contributed by atoms with Gasteiger partial charge in [-0.15, -0.1) is 0 Å². The molecule has 0 saturated heterocycles. The molecular formula is C20H22FNO5. The Kier molecular flexibility index (Phi) is 6.76. The fraction of sp³-hybridized carbons (Fsp3) is 0.300. The summed E-state index contributed by atoms with van der Waals surface area (Å²) in [7, 11) is 0. The summed E-state index contributed by atoms with van der Waals surface area (Å²) in [5, 5.41) is 11.6. The lowest BCUT2D eigenvalue weighted by Gasteiger charge is -2.18. The first-order valence-electron chi connectivity index (χ1n) is 8.60. The number of carbonyl (C=O) groups is 2. The molecule has 1 amide bonds. The zero-order valence-electron chi connectivity index (χ0n) is 15.4. The van der Waals surface area contributed by atoms with Gasteiger partial charge in [0.2, 0.25) is 0 Å². The van der Waals surface area contributed by atoms with E-state index in [2.05, 4.69) is 5.32 Å². The maximum absolute atomic E-state index is 14.1. The predicted octanol–water partition coefficient (Wildman–Crippen LogP) is 3.81. The average Bonchev–Trinajstić information content (AvgIpc) is 2.63. The third-order valence-electron chi connectivity index (χ3n) is 3.88. The van der Waals surface area contributed by atoms with Gasteiger partial charge in [0.25, 0.3) is 5.91 Å². The molecule has 0 aliphatic rings. The number of hydrogen-bond acceptors (Lipinski definition) is 4. The average molecular weight is 375 g/mol. The quantitative estimate of drug-likeness (QED) is 0.733. The van der Waals surface area contributed by atoms with E-state index >= 15 is 0 Å². The zero-order valence-corrected chi connectivity index (χ0v) is 15.4. The first-order valence-corrected chi connectivity index (χ1v) is 8.60. The van der Waals surface area contributed by atoms with Gasteiger partial charge in [-0.25, -0.2) is 9.18 Å². The van der Waals surface area contributed by atoms with E-state index in [1.165, 1.54) is 6.07 Å². The molecule has 0 spiro atoms. The first-order chi connectivity index (χ1) is 12.9. The minimum atomic E-state index is -1.26. The second-order valence-corrected chi connectivity index (χ2v) is 5.77.